The maximum Gasteiger partial charge on any atom is 0.0307 e. The predicted molar refractivity (Wildman–Crippen MR) is 92.5 cm³/mol. The Morgan fingerprint density at radius 2 is 1.33 bits per heavy atom. The molecule has 0 aliphatic heterocycles. The highest BCUT2D eigenvalue weighted by atomic mass is 14.1. The molecule has 0 radical (unpaired) electrons. The van der Waals surface area contributed by atoms with E-state index in [9.17, 15) is 0 Å². The average molecular weight is 274 g/mol. The molecule has 0 saturated carbocycles. The number of benzene rings is 2. The third-order valence-electron chi connectivity index (χ3n) is 3.47. The van der Waals surface area contributed by atoms with Gasteiger partial charge < -0.3 is 0 Å². The molecule has 21 heavy (non-hydrogen) atoms. The molecule has 0 saturated heterocycles. The summed E-state index contributed by atoms with van der Waals surface area (Å²) < 4.78 is 0. The zero-order valence-electron chi connectivity index (χ0n) is 13.5. The van der Waals surface area contributed by atoms with Crippen molar-refractivity contribution < 1.29 is 0 Å². The third kappa shape index (κ3) is 3.86. The fourth-order valence-electron chi connectivity index (χ4n) is 2.66. The molecule has 2 aromatic rings. The summed E-state index contributed by atoms with van der Waals surface area (Å²) in [5.41, 5.74) is 8.46. The van der Waals surface area contributed by atoms with Crippen LogP contribution in [0.5, 0.6) is 0 Å². The van der Waals surface area contributed by atoms with Crippen LogP contribution >= 0.6 is 0 Å². The highest BCUT2D eigenvalue weighted by molar-refractivity contribution is 5.58. The van der Waals surface area contributed by atoms with Gasteiger partial charge >= 0.3 is 0 Å². The standard InChI is InChI=1S/C21H22/c1-6-7-19-13-17(4)21(18(5)14-19)9-8-20-11-15(2)10-16(3)12-20/h6-7,10-14H,1-5H3/b7-6+. The number of aryl methyl sites for hydroxylation is 4. The molecule has 0 aromatic heterocycles. The topological polar surface area (TPSA) is 0 Å². The van der Waals surface area contributed by atoms with E-state index in [0.717, 1.165) is 11.1 Å². The summed E-state index contributed by atoms with van der Waals surface area (Å²) in [4.78, 5) is 0. The molecule has 2 aromatic carbocycles. The quantitative estimate of drug-likeness (QED) is 0.615. The minimum absolute atomic E-state index is 1.09. The van der Waals surface area contributed by atoms with E-state index in [1.165, 1.54) is 27.8 Å². The predicted octanol–water partition coefficient (Wildman–Crippen LogP) is 5.35. The summed E-state index contributed by atoms with van der Waals surface area (Å²) in [6, 6.07) is 10.8. The fraction of sp³-hybridized carbons (Fsp3) is 0.238. The maximum atomic E-state index is 3.35. The summed E-state index contributed by atoms with van der Waals surface area (Å²) in [7, 11) is 0. The minimum atomic E-state index is 1.09. The second-order valence-electron chi connectivity index (χ2n) is 5.66. The Morgan fingerprint density at radius 3 is 1.86 bits per heavy atom. The molecule has 0 nitrogen and oxygen atoms in total. The van der Waals surface area contributed by atoms with E-state index < -0.39 is 0 Å². The van der Waals surface area contributed by atoms with Crippen molar-refractivity contribution >= 4 is 6.08 Å². The van der Waals surface area contributed by atoms with Gasteiger partial charge in [0.15, 0.2) is 0 Å². The molecular weight excluding hydrogens is 252 g/mol. The van der Waals surface area contributed by atoms with Gasteiger partial charge in [-0.15, -0.1) is 0 Å². The molecule has 0 aliphatic rings. The Balaban J connectivity index is 2.43. The van der Waals surface area contributed by atoms with Crippen molar-refractivity contribution in [2.45, 2.75) is 34.6 Å². The van der Waals surface area contributed by atoms with E-state index in [2.05, 4.69) is 82.0 Å². The van der Waals surface area contributed by atoms with Crippen LogP contribution in [0.3, 0.4) is 0 Å². The van der Waals surface area contributed by atoms with Crippen LogP contribution in [0.15, 0.2) is 36.4 Å². The highest BCUT2D eigenvalue weighted by Crippen LogP contribution is 2.17. The van der Waals surface area contributed by atoms with Crippen LogP contribution in [0.2, 0.25) is 0 Å². The van der Waals surface area contributed by atoms with Crippen LogP contribution < -0.4 is 0 Å². The molecular formula is C21H22. The third-order valence-corrected chi connectivity index (χ3v) is 3.47. The smallest absolute Gasteiger partial charge is 0.0307 e. The van der Waals surface area contributed by atoms with E-state index in [1.54, 1.807) is 0 Å². The second kappa shape index (κ2) is 6.46. The first-order chi connectivity index (χ1) is 9.99. The summed E-state index contributed by atoms with van der Waals surface area (Å²) in [5.74, 6) is 6.65. The molecule has 0 heterocycles. The summed E-state index contributed by atoms with van der Waals surface area (Å²) >= 11 is 0. The Labute approximate surface area is 128 Å². The molecule has 0 bridgehead atoms. The Hall–Kier alpha value is -2.26. The first kappa shape index (κ1) is 15.1. The minimum Gasteiger partial charge on any atom is -0.0871 e. The maximum absolute atomic E-state index is 3.35. The molecule has 0 spiro atoms. The second-order valence-corrected chi connectivity index (χ2v) is 5.66. The largest absolute Gasteiger partial charge is 0.0871 e. The van der Waals surface area contributed by atoms with Crippen LogP contribution in [-0.4, -0.2) is 0 Å². The molecule has 2 rings (SSSR count). The lowest BCUT2D eigenvalue weighted by Gasteiger charge is -2.05. The lowest BCUT2D eigenvalue weighted by molar-refractivity contribution is 1.34. The van der Waals surface area contributed by atoms with Crippen molar-refractivity contribution in [1.82, 2.24) is 0 Å². The number of hydrogen-bond acceptors (Lipinski definition) is 0. The summed E-state index contributed by atoms with van der Waals surface area (Å²) in [6.07, 6.45) is 4.19. The molecule has 0 unspecified atom stereocenters. The van der Waals surface area contributed by atoms with Crippen molar-refractivity contribution in [3.05, 3.63) is 75.4 Å². The summed E-state index contributed by atoms with van der Waals surface area (Å²) in [6.45, 7) is 10.5. The molecule has 106 valence electrons. The van der Waals surface area contributed by atoms with Crippen LogP contribution in [0, 0.1) is 39.5 Å². The van der Waals surface area contributed by atoms with Crippen LogP contribution in [0.4, 0.5) is 0 Å². The molecule has 0 fully saturated rings. The van der Waals surface area contributed by atoms with Gasteiger partial charge in [-0.3, -0.25) is 0 Å². The average Bonchev–Trinajstić information content (AvgIpc) is 2.36. The van der Waals surface area contributed by atoms with Crippen molar-refractivity contribution in [2.75, 3.05) is 0 Å². The van der Waals surface area contributed by atoms with Gasteiger partial charge in [-0.05, 0) is 74.6 Å². The Bertz CT molecular complexity index is 706. The molecule has 0 atom stereocenters. The SMILES string of the molecule is C/C=C/c1cc(C)c(C#Cc2cc(C)cc(C)c2)c(C)c1. The molecule has 0 amide bonds. The zero-order chi connectivity index (χ0) is 15.4. The van der Waals surface area contributed by atoms with Gasteiger partial charge in [-0.1, -0.05) is 42.2 Å². The van der Waals surface area contributed by atoms with Crippen molar-refractivity contribution in [1.29, 1.82) is 0 Å². The number of hydrogen-bond donors (Lipinski definition) is 0. The van der Waals surface area contributed by atoms with Gasteiger partial charge in [0.1, 0.15) is 0 Å². The lowest BCUT2D eigenvalue weighted by Crippen LogP contribution is -1.90. The van der Waals surface area contributed by atoms with Crippen molar-refractivity contribution in [3.63, 3.8) is 0 Å². The van der Waals surface area contributed by atoms with Crippen LogP contribution in [-0.2, 0) is 0 Å². The molecule has 0 N–H and O–H groups in total. The highest BCUT2D eigenvalue weighted by Gasteiger charge is 2.01. The van der Waals surface area contributed by atoms with E-state index in [1.807, 2.05) is 6.92 Å². The van der Waals surface area contributed by atoms with Crippen molar-refractivity contribution in [3.8, 4) is 11.8 Å². The first-order valence-corrected chi connectivity index (χ1v) is 7.34. The zero-order valence-corrected chi connectivity index (χ0v) is 13.5. The van der Waals surface area contributed by atoms with Gasteiger partial charge in [0, 0.05) is 11.1 Å². The van der Waals surface area contributed by atoms with Gasteiger partial charge in [0.25, 0.3) is 0 Å². The van der Waals surface area contributed by atoms with Gasteiger partial charge in [-0.2, -0.15) is 0 Å². The Kier molecular flexibility index (Phi) is 4.66. The normalized spacial score (nSPS) is 10.5. The Morgan fingerprint density at radius 1 is 0.762 bits per heavy atom. The van der Waals surface area contributed by atoms with Crippen molar-refractivity contribution in [2.24, 2.45) is 0 Å². The van der Waals surface area contributed by atoms with Crippen LogP contribution in [0.25, 0.3) is 6.08 Å². The van der Waals surface area contributed by atoms with E-state index in [-0.39, 0.29) is 0 Å². The molecule has 0 heteroatoms. The van der Waals surface area contributed by atoms with Crippen LogP contribution in [0.1, 0.15) is 45.9 Å². The van der Waals surface area contributed by atoms with E-state index in [4.69, 9.17) is 0 Å². The lowest BCUT2D eigenvalue weighted by atomic mass is 9.99. The van der Waals surface area contributed by atoms with Gasteiger partial charge in [0.2, 0.25) is 0 Å². The summed E-state index contributed by atoms with van der Waals surface area (Å²) in [5, 5.41) is 0. The number of rotatable bonds is 1. The van der Waals surface area contributed by atoms with Gasteiger partial charge in [0.05, 0.1) is 0 Å². The van der Waals surface area contributed by atoms with E-state index >= 15 is 0 Å². The number of allylic oxidation sites excluding steroid dienone is 1. The van der Waals surface area contributed by atoms with E-state index in [0.29, 0.717) is 0 Å². The molecule has 0 aliphatic carbocycles. The fourth-order valence-corrected chi connectivity index (χ4v) is 2.66. The first-order valence-electron chi connectivity index (χ1n) is 7.34. The van der Waals surface area contributed by atoms with Gasteiger partial charge in [-0.25, -0.2) is 0 Å². The monoisotopic (exact) mass is 274 g/mol.